The maximum atomic E-state index is 13.0. The molecule has 2 aromatic rings. The van der Waals surface area contributed by atoms with Crippen LogP contribution in [0.15, 0.2) is 24.4 Å². The average molecular weight is 382 g/mol. The van der Waals surface area contributed by atoms with E-state index in [4.69, 9.17) is 0 Å². The van der Waals surface area contributed by atoms with Crippen molar-refractivity contribution in [1.29, 1.82) is 0 Å². The van der Waals surface area contributed by atoms with Gasteiger partial charge in [-0.15, -0.1) is 5.10 Å². The second-order valence-corrected chi connectivity index (χ2v) is 6.64. The molecule has 1 saturated heterocycles. The standard InChI is InChI=1S/C17H21F3N6O/c1-25(2)15-4-3-11(17(18,19)20)9-13(15)22-16(27)14-10-26(24-23-14)12-5-7-21-8-6-12/h3-4,9-10,12,21H,5-8H2,1-2H3,(H,22,27). The summed E-state index contributed by atoms with van der Waals surface area (Å²) in [6, 6.07) is 3.39. The van der Waals surface area contributed by atoms with Gasteiger partial charge in [0, 0.05) is 14.1 Å². The zero-order valence-electron chi connectivity index (χ0n) is 15.0. The van der Waals surface area contributed by atoms with Gasteiger partial charge in [0.15, 0.2) is 5.69 Å². The lowest BCUT2D eigenvalue weighted by Gasteiger charge is -2.22. The van der Waals surface area contributed by atoms with Crippen LogP contribution in [0.5, 0.6) is 0 Å². The Labute approximate surface area is 154 Å². The maximum Gasteiger partial charge on any atom is 0.416 e. The van der Waals surface area contributed by atoms with Crippen LogP contribution in [0.25, 0.3) is 0 Å². The van der Waals surface area contributed by atoms with E-state index >= 15 is 0 Å². The van der Waals surface area contributed by atoms with Gasteiger partial charge in [0.2, 0.25) is 0 Å². The van der Waals surface area contributed by atoms with Gasteiger partial charge in [0.25, 0.3) is 5.91 Å². The smallest absolute Gasteiger partial charge is 0.376 e. The summed E-state index contributed by atoms with van der Waals surface area (Å²) in [5, 5.41) is 13.7. The van der Waals surface area contributed by atoms with E-state index in [9.17, 15) is 18.0 Å². The average Bonchev–Trinajstić information content (AvgIpc) is 3.12. The van der Waals surface area contributed by atoms with Crippen molar-refractivity contribution in [3.05, 3.63) is 35.7 Å². The molecule has 0 spiro atoms. The highest BCUT2D eigenvalue weighted by molar-refractivity contribution is 6.04. The normalized spacial score (nSPS) is 15.6. The fraction of sp³-hybridized carbons (Fsp3) is 0.471. The number of amides is 1. The van der Waals surface area contributed by atoms with Crippen molar-refractivity contribution >= 4 is 17.3 Å². The fourth-order valence-electron chi connectivity index (χ4n) is 3.02. The first kappa shape index (κ1) is 19.2. The van der Waals surface area contributed by atoms with Gasteiger partial charge in [-0.2, -0.15) is 13.2 Å². The molecule has 1 aliphatic rings. The van der Waals surface area contributed by atoms with Gasteiger partial charge in [0.1, 0.15) is 0 Å². The minimum atomic E-state index is -4.50. The second-order valence-electron chi connectivity index (χ2n) is 6.64. The minimum Gasteiger partial charge on any atom is -0.376 e. The van der Waals surface area contributed by atoms with E-state index in [1.807, 2.05) is 0 Å². The van der Waals surface area contributed by atoms with Crippen LogP contribution in [0.3, 0.4) is 0 Å². The van der Waals surface area contributed by atoms with E-state index in [-0.39, 0.29) is 17.4 Å². The van der Waals surface area contributed by atoms with E-state index in [1.54, 1.807) is 23.7 Å². The first-order valence-electron chi connectivity index (χ1n) is 8.58. The molecule has 0 bridgehead atoms. The molecule has 2 N–H and O–H groups in total. The summed E-state index contributed by atoms with van der Waals surface area (Å²) in [6.07, 6.45) is -1.21. The van der Waals surface area contributed by atoms with E-state index in [1.165, 1.54) is 12.3 Å². The Bertz CT molecular complexity index is 811. The predicted molar refractivity (Wildman–Crippen MR) is 94.9 cm³/mol. The van der Waals surface area contributed by atoms with Crippen molar-refractivity contribution < 1.29 is 18.0 Å². The second kappa shape index (κ2) is 7.55. The molecule has 146 valence electrons. The lowest BCUT2D eigenvalue weighted by atomic mass is 10.1. The largest absolute Gasteiger partial charge is 0.416 e. The molecule has 0 unspecified atom stereocenters. The van der Waals surface area contributed by atoms with Gasteiger partial charge in [-0.25, -0.2) is 4.68 Å². The molecule has 1 aliphatic heterocycles. The number of anilines is 2. The molecule has 27 heavy (non-hydrogen) atoms. The van der Waals surface area contributed by atoms with Gasteiger partial charge in [0.05, 0.1) is 29.2 Å². The third kappa shape index (κ3) is 4.38. The third-order valence-electron chi connectivity index (χ3n) is 4.48. The Morgan fingerprint density at radius 1 is 1.30 bits per heavy atom. The molecular weight excluding hydrogens is 361 g/mol. The van der Waals surface area contributed by atoms with E-state index < -0.39 is 17.6 Å². The number of carbonyl (C=O) groups excluding carboxylic acids is 1. The number of benzene rings is 1. The summed E-state index contributed by atoms with van der Waals surface area (Å²) in [4.78, 5) is 14.1. The van der Waals surface area contributed by atoms with E-state index in [2.05, 4.69) is 20.9 Å². The van der Waals surface area contributed by atoms with Crippen molar-refractivity contribution in [2.45, 2.75) is 25.1 Å². The zero-order valence-corrected chi connectivity index (χ0v) is 15.0. The minimum absolute atomic E-state index is 0.0654. The maximum absolute atomic E-state index is 13.0. The Hall–Kier alpha value is -2.62. The predicted octanol–water partition coefficient (Wildman–Crippen LogP) is 2.54. The molecule has 1 aromatic carbocycles. The summed E-state index contributed by atoms with van der Waals surface area (Å²) >= 11 is 0. The number of hydrogen-bond donors (Lipinski definition) is 2. The molecule has 10 heteroatoms. The quantitative estimate of drug-likeness (QED) is 0.850. The Kier molecular flexibility index (Phi) is 5.36. The van der Waals surface area contributed by atoms with Crippen molar-refractivity contribution in [2.75, 3.05) is 37.4 Å². The van der Waals surface area contributed by atoms with Gasteiger partial charge in [-0.1, -0.05) is 5.21 Å². The summed E-state index contributed by atoms with van der Waals surface area (Å²) < 4.78 is 40.7. The molecule has 0 aliphatic carbocycles. The van der Waals surface area contributed by atoms with Crippen molar-refractivity contribution in [3.63, 3.8) is 0 Å². The Morgan fingerprint density at radius 2 is 2.00 bits per heavy atom. The molecule has 1 fully saturated rings. The molecule has 0 saturated carbocycles. The first-order chi connectivity index (χ1) is 12.8. The van der Waals surface area contributed by atoms with Crippen LogP contribution in [0.2, 0.25) is 0 Å². The number of carbonyl (C=O) groups is 1. The van der Waals surface area contributed by atoms with Gasteiger partial charge < -0.3 is 15.5 Å². The summed E-state index contributed by atoms with van der Waals surface area (Å²) in [5.41, 5.74) is -0.240. The molecule has 3 rings (SSSR count). The monoisotopic (exact) mass is 382 g/mol. The van der Waals surface area contributed by atoms with Crippen molar-refractivity contribution in [1.82, 2.24) is 20.3 Å². The van der Waals surface area contributed by atoms with E-state index in [0.717, 1.165) is 38.1 Å². The molecular formula is C17H21F3N6O. The van der Waals surface area contributed by atoms with E-state index in [0.29, 0.717) is 5.69 Å². The number of rotatable bonds is 4. The van der Waals surface area contributed by atoms with Gasteiger partial charge in [-0.3, -0.25) is 4.79 Å². The highest BCUT2D eigenvalue weighted by Crippen LogP contribution is 2.35. The molecule has 1 aromatic heterocycles. The summed E-state index contributed by atoms with van der Waals surface area (Å²) in [6.45, 7) is 1.73. The molecule has 2 heterocycles. The zero-order chi connectivity index (χ0) is 19.6. The number of nitrogens with one attached hydrogen (secondary N) is 2. The third-order valence-corrected chi connectivity index (χ3v) is 4.48. The van der Waals surface area contributed by atoms with Crippen LogP contribution in [-0.2, 0) is 6.18 Å². The van der Waals surface area contributed by atoms with Crippen LogP contribution in [0.4, 0.5) is 24.5 Å². The van der Waals surface area contributed by atoms with Crippen LogP contribution in [0.1, 0.15) is 34.9 Å². The fourth-order valence-corrected chi connectivity index (χ4v) is 3.02. The Morgan fingerprint density at radius 3 is 2.63 bits per heavy atom. The summed E-state index contributed by atoms with van der Waals surface area (Å²) in [5.74, 6) is -0.599. The molecule has 0 atom stereocenters. The summed E-state index contributed by atoms with van der Waals surface area (Å²) in [7, 11) is 3.37. The Balaban J connectivity index is 1.81. The first-order valence-corrected chi connectivity index (χ1v) is 8.58. The lowest BCUT2D eigenvalue weighted by molar-refractivity contribution is -0.137. The number of alkyl halides is 3. The number of piperidine rings is 1. The molecule has 1 amide bonds. The molecule has 0 radical (unpaired) electrons. The van der Waals surface area contributed by atoms with Crippen LogP contribution in [0, 0.1) is 0 Å². The van der Waals surface area contributed by atoms with Crippen LogP contribution < -0.4 is 15.5 Å². The molecule has 7 nitrogen and oxygen atoms in total. The van der Waals surface area contributed by atoms with Gasteiger partial charge >= 0.3 is 6.18 Å². The lowest BCUT2D eigenvalue weighted by Crippen LogP contribution is -2.29. The number of nitrogens with zero attached hydrogens (tertiary/aromatic N) is 4. The highest BCUT2D eigenvalue weighted by atomic mass is 19.4. The topological polar surface area (TPSA) is 75.1 Å². The van der Waals surface area contributed by atoms with Crippen molar-refractivity contribution in [3.8, 4) is 0 Å². The van der Waals surface area contributed by atoms with Crippen LogP contribution >= 0.6 is 0 Å². The SMILES string of the molecule is CN(C)c1ccc(C(F)(F)F)cc1NC(=O)c1cn(C2CCNCC2)nn1. The number of halogens is 3. The number of aromatic nitrogens is 3. The van der Waals surface area contributed by atoms with Gasteiger partial charge in [-0.05, 0) is 44.1 Å². The highest BCUT2D eigenvalue weighted by Gasteiger charge is 2.31. The number of hydrogen-bond acceptors (Lipinski definition) is 5. The van der Waals surface area contributed by atoms with Crippen molar-refractivity contribution in [2.24, 2.45) is 0 Å². The van der Waals surface area contributed by atoms with Crippen LogP contribution in [-0.4, -0.2) is 48.1 Å².